The molecule has 2 nitrogen and oxygen atoms in total. The molecule has 0 radical (unpaired) electrons. The molecule has 13 heavy (non-hydrogen) atoms. The van der Waals surface area contributed by atoms with Crippen molar-refractivity contribution in [1.82, 2.24) is 10.2 Å². The van der Waals surface area contributed by atoms with E-state index in [9.17, 15) is 0 Å². The van der Waals surface area contributed by atoms with Gasteiger partial charge in [-0.05, 0) is 45.8 Å². The average molecular weight is 182 g/mol. The number of nitrogens with zero attached hydrogens (tertiary/aromatic N) is 1. The second kappa shape index (κ2) is 6.17. The van der Waals surface area contributed by atoms with E-state index in [1.54, 1.807) is 0 Å². The fourth-order valence-corrected chi connectivity index (χ4v) is 1.88. The predicted molar refractivity (Wildman–Crippen MR) is 57.9 cm³/mol. The van der Waals surface area contributed by atoms with Gasteiger partial charge in [-0.25, -0.2) is 0 Å². The summed E-state index contributed by atoms with van der Waals surface area (Å²) in [6.45, 7) is 6.83. The van der Waals surface area contributed by atoms with Crippen LogP contribution in [-0.2, 0) is 0 Å². The van der Waals surface area contributed by atoms with E-state index < -0.39 is 0 Å². The molecule has 0 amide bonds. The Bertz CT molecular complexity index is 148. The minimum Gasteiger partial charge on any atom is -0.316 e. The Morgan fingerprint density at radius 1 is 1.54 bits per heavy atom. The quantitative estimate of drug-likeness (QED) is 0.663. The van der Waals surface area contributed by atoms with Crippen molar-refractivity contribution in [2.75, 3.05) is 33.2 Å². The van der Waals surface area contributed by atoms with Crippen molar-refractivity contribution in [1.29, 1.82) is 0 Å². The van der Waals surface area contributed by atoms with Crippen LogP contribution in [0.1, 0.15) is 19.8 Å². The summed E-state index contributed by atoms with van der Waals surface area (Å²) in [4.78, 5) is 2.40. The van der Waals surface area contributed by atoms with Crippen molar-refractivity contribution in [2.24, 2.45) is 5.92 Å². The van der Waals surface area contributed by atoms with Crippen molar-refractivity contribution < 1.29 is 0 Å². The molecular formula is C11H22N2. The molecule has 0 aliphatic carbocycles. The second-order valence-corrected chi connectivity index (χ2v) is 4.00. The van der Waals surface area contributed by atoms with E-state index in [0.717, 1.165) is 12.5 Å². The molecule has 1 N–H and O–H groups in total. The number of hydrogen-bond acceptors (Lipinski definition) is 2. The number of piperidine rings is 1. The number of rotatable bonds is 4. The van der Waals surface area contributed by atoms with Crippen LogP contribution in [0.3, 0.4) is 0 Å². The zero-order valence-electron chi connectivity index (χ0n) is 8.92. The van der Waals surface area contributed by atoms with E-state index in [4.69, 9.17) is 0 Å². The molecule has 1 atom stereocenters. The number of nitrogens with one attached hydrogen (secondary N) is 1. The Morgan fingerprint density at radius 3 is 3.00 bits per heavy atom. The van der Waals surface area contributed by atoms with Crippen molar-refractivity contribution in [2.45, 2.75) is 19.8 Å². The summed E-state index contributed by atoms with van der Waals surface area (Å²) in [5.41, 5.74) is 0. The zero-order valence-corrected chi connectivity index (χ0v) is 8.92. The summed E-state index contributed by atoms with van der Waals surface area (Å²) in [5.74, 6) is 0.865. The Balaban J connectivity index is 2.14. The minimum atomic E-state index is 0.865. The van der Waals surface area contributed by atoms with E-state index in [1.807, 2.05) is 0 Å². The molecule has 1 heterocycles. The highest BCUT2D eigenvalue weighted by molar-refractivity contribution is 4.81. The van der Waals surface area contributed by atoms with Crippen molar-refractivity contribution in [3.05, 3.63) is 12.2 Å². The first kappa shape index (κ1) is 10.7. The number of allylic oxidation sites excluding steroid dienone is 1. The molecule has 1 unspecified atom stereocenters. The smallest absolute Gasteiger partial charge is 0.0160 e. The summed E-state index contributed by atoms with van der Waals surface area (Å²) in [5, 5.41) is 3.45. The first-order chi connectivity index (χ1) is 6.33. The van der Waals surface area contributed by atoms with Gasteiger partial charge >= 0.3 is 0 Å². The van der Waals surface area contributed by atoms with Gasteiger partial charge in [-0.2, -0.15) is 0 Å². The van der Waals surface area contributed by atoms with Gasteiger partial charge in [0.2, 0.25) is 0 Å². The monoisotopic (exact) mass is 182 g/mol. The molecule has 0 aromatic rings. The third-order valence-corrected chi connectivity index (χ3v) is 2.62. The van der Waals surface area contributed by atoms with Gasteiger partial charge in [0.1, 0.15) is 0 Å². The summed E-state index contributed by atoms with van der Waals surface area (Å²) < 4.78 is 0. The molecule has 1 fully saturated rings. The van der Waals surface area contributed by atoms with Crippen LogP contribution in [0.4, 0.5) is 0 Å². The highest BCUT2D eigenvalue weighted by Crippen LogP contribution is 2.10. The predicted octanol–water partition coefficient (Wildman–Crippen LogP) is 1.49. The van der Waals surface area contributed by atoms with Crippen LogP contribution in [0.5, 0.6) is 0 Å². The first-order valence-corrected chi connectivity index (χ1v) is 5.33. The van der Waals surface area contributed by atoms with Crippen LogP contribution >= 0.6 is 0 Å². The van der Waals surface area contributed by atoms with Crippen LogP contribution in [0.25, 0.3) is 0 Å². The lowest BCUT2D eigenvalue weighted by atomic mass is 9.99. The van der Waals surface area contributed by atoms with E-state index in [0.29, 0.717) is 0 Å². The Hall–Kier alpha value is -0.340. The summed E-state index contributed by atoms with van der Waals surface area (Å²) in [7, 11) is 2.20. The van der Waals surface area contributed by atoms with Crippen molar-refractivity contribution in [3.63, 3.8) is 0 Å². The van der Waals surface area contributed by atoms with Gasteiger partial charge in [-0.3, -0.25) is 0 Å². The third-order valence-electron chi connectivity index (χ3n) is 2.62. The van der Waals surface area contributed by atoms with E-state index in [2.05, 4.69) is 36.3 Å². The van der Waals surface area contributed by atoms with Crippen LogP contribution in [0.2, 0.25) is 0 Å². The molecule has 1 aliphatic heterocycles. The van der Waals surface area contributed by atoms with Crippen molar-refractivity contribution in [3.8, 4) is 0 Å². The third kappa shape index (κ3) is 4.44. The lowest BCUT2D eigenvalue weighted by Gasteiger charge is -2.26. The zero-order chi connectivity index (χ0) is 9.52. The van der Waals surface area contributed by atoms with Gasteiger partial charge in [-0.15, -0.1) is 0 Å². The lowest BCUT2D eigenvalue weighted by Crippen LogP contribution is -2.36. The van der Waals surface area contributed by atoms with E-state index >= 15 is 0 Å². The molecule has 76 valence electrons. The molecule has 1 rings (SSSR count). The fraction of sp³-hybridized carbons (Fsp3) is 0.818. The summed E-state index contributed by atoms with van der Waals surface area (Å²) in [6.07, 6.45) is 7.08. The van der Waals surface area contributed by atoms with Gasteiger partial charge in [0, 0.05) is 13.1 Å². The molecular weight excluding hydrogens is 160 g/mol. The van der Waals surface area contributed by atoms with Crippen molar-refractivity contribution >= 4 is 0 Å². The Kier molecular flexibility index (Phi) is 5.09. The van der Waals surface area contributed by atoms with Gasteiger partial charge < -0.3 is 10.2 Å². The molecule has 2 heteroatoms. The number of hydrogen-bond donors (Lipinski definition) is 1. The molecule has 0 saturated carbocycles. The maximum atomic E-state index is 3.45. The van der Waals surface area contributed by atoms with Crippen LogP contribution in [0.15, 0.2) is 12.2 Å². The molecule has 1 saturated heterocycles. The first-order valence-electron chi connectivity index (χ1n) is 5.33. The Morgan fingerprint density at radius 2 is 2.38 bits per heavy atom. The summed E-state index contributed by atoms with van der Waals surface area (Å²) >= 11 is 0. The molecule has 0 aromatic heterocycles. The van der Waals surface area contributed by atoms with Gasteiger partial charge in [-0.1, -0.05) is 12.2 Å². The maximum Gasteiger partial charge on any atom is 0.0160 e. The average Bonchev–Trinajstić information content (AvgIpc) is 2.16. The fourth-order valence-electron chi connectivity index (χ4n) is 1.88. The normalized spacial score (nSPS) is 24.4. The lowest BCUT2D eigenvalue weighted by molar-refractivity contribution is 0.260. The second-order valence-electron chi connectivity index (χ2n) is 4.00. The van der Waals surface area contributed by atoms with E-state index in [-0.39, 0.29) is 0 Å². The number of likely N-dealkylation sites (N-methyl/N-ethyl adjacent to an activating group) is 1. The maximum absolute atomic E-state index is 3.45. The largest absolute Gasteiger partial charge is 0.316 e. The van der Waals surface area contributed by atoms with E-state index in [1.165, 1.54) is 32.5 Å². The topological polar surface area (TPSA) is 15.3 Å². The SMILES string of the molecule is C/C=C/CN(C)CC1CCCNC1. The van der Waals surface area contributed by atoms with Crippen LogP contribution in [0, 0.1) is 5.92 Å². The van der Waals surface area contributed by atoms with Crippen LogP contribution in [-0.4, -0.2) is 38.1 Å². The van der Waals surface area contributed by atoms with Gasteiger partial charge in [0.15, 0.2) is 0 Å². The Labute approximate surface area is 82.0 Å². The molecule has 0 bridgehead atoms. The molecule has 1 aliphatic rings. The van der Waals surface area contributed by atoms with Gasteiger partial charge in [0.05, 0.1) is 0 Å². The minimum absolute atomic E-state index is 0.865. The highest BCUT2D eigenvalue weighted by atomic mass is 15.1. The van der Waals surface area contributed by atoms with Gasteiger partial charge in [0.25, 0.3) is 0 Å². The standard InChI is InChI=1S/C11H22N2/c1-3-4-8-13(2)10-11-6-5-7-12-9-11/h3-4,11-12H,5-10H2,1-2H3/b4-3+. The van der Waals surface area contributed by atoms with Crippen LogP contribution < -0.4 is 5.32 Å². The highest BCUT2D eigenvalue weighted by Gasteiger charge is 2.13. The summed E-state index contributed by atoms with van der Waals surface area (Å²) in [6, 6.07) is 0. The molecule has 0 spiro atoms. The molecule has 0 aromatic carbocycles.